The van der Waals surface area contributed by atoms with E-state index in [1.807, 2.05) is 0 Å². The van der Waals surface area contributed by atoms with Crippen LogP contribution in [0.25, 0.3) is 11.5 Å². The third-order valence-corrected chi connectivity index (χ3v) is 3.43. The summed E-state index contributed by atoms with van der Waals surface area (Å²) in [5, 5.41) is 6.03. The summed E-state index contributed by atoms with van der Waals surface area (Å²) in [6.45, 7) is 0. The Morgan fingerprint density at radius 1 is 1.12 bits per heavy atom. The standard InChI is InChI=1S/C17H13F3N4O2/c18-17(19,20)11-5-1-2-6-12(11)22-14(25)8-9-15-23-16(24-26-15)13-7-3-4-10-21-13/h1-7,10H,8-9H2,(H,22,25). The minimum absolute atomic E-state index is 0.0971. The lowest BCUT2D eigenvalue weighted by Gasteiger charge is -2.13. The molecule has 1 amide bonds. The normalized spacial score (nSPS) is 11.3. The molecule has 0 radical (unpaired) electrons. The molecule has 2 aromatic heterocycles. The minimum Gasteiger partial charge on any atom is -0.339 e. The van der Waals surface area contributed by atoms with Crippen LogP contribution in [0.5, 0.6) is 0 Å². The van der Waals surface area contributed by atoms with Gasteiger partial charge in [0.05, 0.1) is 11.3 Å². The number of aryl methyl sites for hydroxylation is 1. The minimum atomic E-state index is -4.55. The molecule has 2 heterocycles. The predicted octanol–water partition coefficient (Wildman–Crippen LogP) is 3.72. The Morgan fingerprint density at radius 3 is 2.62 bits per heavy atom. The summed E-state index contributed by atoms with van der Waals surface area (Å²) in [7, 11) is 0. The largest absolute Gasteiger partial charge is 0.418 e. The first kappa shape index (κ1) is 17.6. The fourth-order valence-electron chi connectivity index (χ4n) is 2.23. The van der Waals surface area contributed by atoms with Gasteiger partial charge < -0.3 is 9.84 Å². The van der Waals surface area contributed by atoms with E-state index in [1.165, 1.54) is 18.2 Å². The number of hydrogen-bond acceptors (Lipinski definition) is 5. The van der Waals surface area contributed by atoms with Crippen LogP contribution in [0.3, 0.4) is 0 Å². The Hall–Kier alpha value is -3.23. The highest BCUT2D eigenvalue weighted by molar-refractivity contribution is 5.91. The molecule has 0 fully saturated rings. The zero-order chi connectivity index (χ0) is 18.6. The highest BCUT2D eigenvalue weighted by atomic mass is 19.4. The molecule has 0 spiro atoms. The lowest BCUT2D eigenvalue weighted by atomic mass is 10.1. The maximum atomic E-state index is 12.9. The quantitative estimate of drug-likeness (QED) is 0.748. The zero-order valence-electron chi connectivity index (χ0n) is 13.3. The van der Waals surface area contributed by atoms with Gasteiger partial charge in [-0.3, -0.25) is 9.78 Å². The maximum Gasteiger partial charge on any atom is 0.418 e. The van der Waals surface area contributed by atoms with Crippen molar-refractivity contribution in [1.29, 1.82) is 0 Å². The van der Waals surface area contributed by atoms with E-state index >= 15 is 0 Å². The number of alkyl halides is 3. The second-order valence-electron chi connectivity index (χ2n) is 5.32. The summed E-state index contributed by atoms with van der Waals surface area (Å²) in [6, 6.07) is 10.0. The van der Waals surface area contributed by atoms with Crippen molar-refractivity contribution in [3.05, 3.63) is 60.1 Å². The van der Waals surface area contributed by atoms with Crippen LogP contribution in [-0.2, 0) is 17.4 Å². The number of pyridine rings is 1. The summed E-state index contributed by atoms with van der Waals surface area (Å²) < 4.78 is 43.8. The number of para-hydroxylation sites is 1. The molecular weight excluding hydrogens is 349 g/mol. The number of benzene rings is 1. The number of nitrogens with one attached hydrogen (secondary N) is 1. The molecule has 26 heavy (non-hydrogen) atoms. The average molecular weight is 362 g/mol. The predicted molar refractivity (Wildman–Crippen MR) is 85.9 cm³/mol. The molecule has 0 aliphatic rings. The monoisotopic (exact) mass is 362 g/mol. The van der Waals surface area contributed by atoms with Crippen LogP contribution in [-0.4, -0.2) is 21.0 Å². The first-order valence-corrected chi connectivity index (χ1v) is 7.63. The van der Waals surface area contributed by atoms with Gasteiger partial charge in [-0.2, -0.15) is 18.2 Å². The van der Waals surface area contributed by atoms with Crippen LogP contribution in [0.15, 0.2) is 53.2 Å². The van der Waals surface area contributed by atoms with Crippen LogP contribution in [0.2, 0.25) is 0 Å². The second-order valence-corrected chi connectivity index (χ2v) is 5.32. The topological polar surface area (TPSA) is 80.9 Å². The van der Waals surface area contributed by atoms with Crippen LogP contribution < -0.4 is 5.32 Å². The lowest BCUT2D eigenvalue weighted by Crippen LogP contribution is -2.16. The Kier molecular flexibility index (Phi) is 4.97. The molecule has 3 rings (SSSR count). The van der Waals surface area contributed by atoms with E-state index in [0.29, 0.717) is 5.69 Å². The van der Waals surface area contributed by atoms with E-state index in [4.69, 9.17) is 4.52 Å². The number of amides is 1. The third kappa shape index (κ3) is 4.24. The zero-order valence-corrected chi connectivity index (χ0v) is 13.3. The first-order chi connectivity index (χ1) is 12.4. The number of anilines is 1. The van der Waals surface area contributed by atoms with Crippen molar-refractivity contribution in [1.82, 2.24) is 15.1 Å². The van der Waals surface area contributed by atoms with Crippen molar-refractivity contribution in [2.45, 2.75) is 19.0 Å². The molecule has 9 heteroatoms. The molecule has 3 aromatic rings. The first-order valence-electron chi connectivity index (χ1n) is 7.63. The summed E-state index contributed by atoms with van der Waals surface area (Å²) in [6.07, 6.45) is -2.97. The molecule has 1 aromatic carbocycles. The van der Waals surface area contributed by atoms with Crippen LogP contribution in [0.4, 0.5) is 18.9 Å². The fraction of sp³-hybridized carbons (Fsp3) is 0.176. The van der Waals surface area contributed by atoms with Gasteiger partial charge in [0.2, 0.25) is 17.6 Å². The number of carbonyl (C=O) groups excluding carboxylic acids is 1. The van der Waals surface area contributed by atoms with Gasteiger partial charge in [0.25, 0.3) is 0 Å². The van der Waals surface area contributed by atoms with Crippen molar-refractivity contribution in [3.8, 4) is 11.5 Å². The number of hydrogen-bond donors (Lipinski definition) is 1. The van der Waals surface area contributed by atoms with E-state index in [1.54, 1.807) is 24.4 Å². The van der Waals surface area contributed by atoms with Crippen molar-refractivity contribution in [3.63, 3.8) is 0 Å². The van der Waals surface area contributed by atoms with Crippen molar-refractivity contribution in [2.24, 2.45) is 0 Å². The maximum absolute atomic E-state index is 12.9. The van der Waals surface area contributed by atoms with Crippen LogP contribution in [0, 0.1) is 0 Å². The molecule has 0 unspecified atom stereocenters. The Morgan fingerprint density at radius 2 is 1.88 bits per heavy atom. The number of carbonyl (C=O) groups is 1. The highest BCUT2D eigenvalue weighted by Gasteiger charge is 2.33. The van der Waals surface area contributed by atoms with Crippen LogP contribution >= 0.6 is 0 Å². The van der Waals surface area contributed by atoms with E-state index in [0.717, 1.165) is 6.07 Å². The van der Waals surface area contributed by atoms with Crippen molar-refractivity contribution < 1.29 is 22.5 Å². The molecule has 134 valence electrons. The van der Waals surface area contributed by atoms with E-state index in [9.17, 15) is 18.0 Å². The summed E-state index contributed by atoms with van der Waals surface area (Å²) in [5.41, 5.74) is -0.667. The van der Waals surface area contributed by atoms with Gasteiger partial charge in [-0.05, 0) is 24.3 Å². The molecule has 0 aliphatic carbocycles. The van der Waals surface area contributed by atoms with Gasteiger partial charge in [-0.15, -0.1) is 0 Å². The van der Waals surface area contributed by atoms with Crippen LogP contribution in [0.1, 0.15) is 17.9 Å². The Labute approximate surface area is 146 Å². The number of halogens is 3. The highest BCUT2D eigenvalue weighted by Crippen LogP contribution is 2.34. The molecule has 0 saturated carbocycles. The van der Waals surface area contributed by atoms with Crippen molar-refractivity contribution in [2.75, 3.05) is 5.32 Å². The molecule has 0 bridgehead atoms. The van der Waals surface area contributed by atoms with Gasteiger partial charge >= 0.3 is 6.18 Å². The third-order valence-electron chi connectivity index (χ3n) is 3.43. The van der Waals surface area contributed by atoms with Crippen molar-refractivity contribution >= 4 is 11.6 Å². The van der Waals surface area contributed by atoms with Gasteiger partial charge in [-0.25, -0.2) is 0 Å². The Bertz CT molecular complexity index is 894. The van der Waals surface area contributed by atoms with Gasteiger partial charge in [-0.1, -0.05) is 23.4 Å². The summed E-state index contributed by atoms with van der Waals surface area (Å²) in [5.74, 6) is -0.104. The Balaban J connectivity index is 1.61. The van der Waals surface area contributed by atoms with Gasteiger partial charge in [0, 0.05) is 19.0 Å². The number of nitrogens with zero attached hydrogens (tertiary/aromatic N) is 3. The fourth-order valence-corrected chi connectivity index (χ4v) is 2.23. The van der Waals surface area contributed by atoms with Gasteiger partial charge in [0.15, 0.2) is 0 Å². The summed E-state index contributed by atoms with van der Waals surface area (Å²) >= 11 is 0. The summed E-state index contributed by atoms with van der Waals surface area (Å²) in [4.78, 5) is 20.2. The average Bonchev–Trinajstić information content (AvgIpc) is 3.09. The number of rotatable bonds is 5. The smallest absolute Gasteiger partial charge is 0.339 e. The molecule has 0 saturated heterocycles. The molecule has 6 nitrogen and oxygen atoms in total. The molecular formula is C17H13F3N4O2. The van der Waals surface area contributed by atoms with Gasteiger partial charge in [0.1, 0.15) is 5.69 Å². The molecule has 0 aliphatic heterocycles. The van der Waals surface area contributed by atoms with E-state index < -0.39 is 17.6 Å². The SMILES string of the molecule is O=C(CCc1nc(-c2ccccn2)no1)Nc1ccccc1C(F)(F)F. The molecule has 1 N–H and O–H groups in total. The lowest BCUT2D eigenvalue weighted by molar-refractivity contribution is -0.137. The second kappa shape index (κ2) is 7.34. The van der Waals surface area contributed by atoms with E-state index in [-0.39, 0.29) is 30.2 Å². The van der Waals surface area contributed by atoms with E-state index in [2.05, 4.69) is 20.4 Å². The molecule has 0 atom stereocenters. The number of aromatic nitrogens is 3.